The molecule has 0 radical (unpaired) electrons. The summed E-state index contributed by atoms with van der Waals surface area (Å²) in [6, 6.07) is 4.28. The number of halogens is 1. The average molecular weight is 341 g/mol. The van der Waals surface area contributed by atoms with Crippen molar-refractivity contribution < 1.29 is 4.52 Å². The van der Waals surface area contributed by atoms with Crippen LogP contribution in [0.5, 0.6) is 0 Å². The zero-order valence-corrected chi connectivity index (χ0v) is 14.5. The van der Waals surface area contributed by atoms with Crippen LogP contribution in [0.25, 0.3) is 0 Å². The highest BCUT2D eigenvalue weighted by Crippen LogP contribution is 2.24. The Morgan fingerprint density at radius 1 is 1.32 bits per heavy atom. The van der Waals surface area contributed by atoms with Crippen molar-refractivity contribution in [1.82, 2.24) is 19.9 Å². The lowest BCUT2D eigenvalue weighted by atomic mass is 10.2. The molecule has 0 amide bonds. The van der Waals surface area contributed by atoms with Crippen molar-refractivity contribution >= 4 is 22.9 Å². The van der Waals surface area contributed by atoms with Crippen LogP contribution in [0.1, 0.15) is 36.5 Å². The van der Waals surface area contributed by atoms with Gasteiger partial charge in [0.05, 0.1) is 10.4 Å². The summed E-state index contributed by atoms with van der Waals surface area (Å²) in [6.45, 7) is 9.30. The molecule has 2 aromatic rings. The van der Waals surface area contributed by atoms with E-state index in [0.717, 1.165) is 55.2 Å². The van der Waals surface area contributed by atoms with Crippen LogP contribution in [0.3, 0.4) is 0 Å². The fraction of sp³-hybridized carbons (Fsp3) is 0.600. The molecule has 0 aromatic carbocycles. The first-order chi connectivity index (χ1) is 10.7. The summed E-state index contributed by atoms with van der Waals surface area (Å²) >= 11 is 7.66. The maximum atomic E-state index is 5.99. The highest BCUT2D eigenvalue weighted by Gasteiger charge is 2.25. The van der Waals surface area contributed by atoms with Crippen molar-refractivity contribution in [3.8, 4) is 0 Å². The topological polar surface area (TPSA) is 45.4 Å². The molecule has 1 aliphatic rings. The Labute approximate surface area is 139 Å². The second-order valence-electron chi connectivity index (χ2n) is 5.60. The molecule has 0 spiro atoms. The maximum absolute atomic E-state index is 5.99. The fourth-order valence-electron chi connectivity index (χ4n) is 2.70. The van der Waals surface area contributed by atoms with Gasteiger partial charge >= 0.3 is 0 Å². The van der Waals surface area contributed by atoms with Crippen molar-refractivity contribution in [3.63, 3.8) is 0 Å². The van der Waals surface area contributed by atoms with E-state index in [-0.39, 0.29) is 6.04 Å². The van der Waals surface area contributed by atoms with Gasteiger partial charge in [-0.05, 0) is 19.1 Å². The molecule has 7 heteroatoms. The van der Waals surface area contributed by atoms with Gasteiger partial charge in [0.25, 0.3) is 0 Å². The van der Waals surface area contributed by atoms with E-state index in [9.17, 15) is 0 Å². The number of hydrogen-bond acceptors (Lipinski definition) is 6. The Hall–Kier alpha value is -0.950. The lowest BCUT2D eigenvalue weighted by molar-refractivity contribution is 0.0850. The highest BCUT2D eigenvalue weighted by atomic mass is 35.5. The summed E-state index contributed by atoms with van der Waals surface area (Å²) < 4.78 is 6.23. The van der Waals surface area contributed by atoms with Gasteiger partial charge in [-0.1, -0.05) is 23.7 Å². The largest absolute Gasteiger partial charge is 0.338 e. The zero-order chi connectivity index (χ0) is 15.5. The summed E-state index contributed by atoms with van der Waals surface area (Å²) in [7, 11) is 0. The molecule has 1 aliphatic heterocycles. The molecule has 0 saturated carbocycles. The van der Waals surface area contributed by atoms with Gasteiger partial charge < -0.3 is 4.52 Å². The minimum Gasteiger partial charge on any atom is -0.338 e. The molecular weight excluding hydrogens is 320 g/mol. The van der Waals surface area contributed by atoms with E-state index in [1.807, 2.05) is 13.0 Å². The number of nitrogens with zero attached hydrogens (tertiary/aromatic N) is 4. The monoisotopic (exact) mass is 340 g/mol. The van der Waals surface area contributed by atoms with Crippen LogP contribution in [-0.4, -0.2) is 46.1 Å². The summed E-state index contributed by atoms with van der Waals surface area (Å²) in [5.74, 6) is 1.52. The Bertz CT molecular complexity index is 606. The van der Waals surface area contributed by atoms with Gasteiger partial charge in [-0.15, -0.1) is 11.3 Å². The van der Waals surface area contributed by atoms with Crippen molar-refractivity contribution in [3.05, 3.63) is 33.1 Å². The molecule has 22 heavy (non-hydrogen) atoms. The Kier molecular flexibility index (Phi) is 5.13. The van der Waals surface area contributed by atoms with Crippen molar-refractivity contribution in [2.24, 2.45) is 0 Å². The van der Waals surface area contributed by atoms with Gasteiger partial charge in [0.1, 0.15) is 0 Å². The molecule has 0 N–H and O–H groups in total. The Morgan fingerprint density at radius 2 is 2.09 bits per heavy atom. The average Bonchev–Trinajstić information content (AvgIpc) is 3.16. The summed E-state index contributed by atoms with van der Waals surface area (Å²) in [5.41, 5.74) is 0. The van der Waals surface area contributed by atoms with Crippen molar-refractivity contribution in [1.29, 1.82) is 0 Å². The third-order valence-electron chi connectivity index (χ3n) is 4.12. The summed E-state index contributed by atoms with van der Waals surface area (Å²) in [5, 5.41) is 3.99. The standard InChI is InChI=1S/C15H21ClN4OS/c1-3-14-17-15(21-18-14)11(2)20-8-6-19(7-9-20)10-12-4-5-13(16)22-12/h4-5,11H,3,6-10H2,1-2H3. The summed E-state index contributed by atoms with van der Waals surface area (Å²) in [6.07, 6.45) is 0.813. The van der Waals surface area contributed by atoms with E-state index in [2.05, 4.69) is 32.9 Å². The first-order valence-electron chi connectivity index (χ1n) is 7.69. The van der Waals surface area contributed by atoms with Crippen LogP contribution < -0.4 is 0 Å². The lowest BCUT2D eigenvalue weighted by Crippen LogP contribution is -2.46. The van der Waals surface area contributed by atoms with Gasteiger partial charge in [0.2, 0.25) is 5.89 Å². The van der Waals surface area contributed by atoms with E-state index in [1.54, 1.807) is 11.3 Å². The Morgan fingerprint density at radius 3 is 2.68 bits per heavy atom. The summed E-state index contributed by atoms with van der Waals surface area (Å²) in [4.78, 5) is 10.7. The predicted molar refractivity (Wildman–Crippen MR) is 88.3 cm³/mol. The molecule has 2 aromatic heterocycles. The second-order valence-corrected chi connectivity index (χ2v) is 7.40. The third-order valence-corrected chi connectivity index (χ3v) is 5.34. The molecule has 0 bridgehead atoms. The smallest absolute Gasteiger partial charge is 0.243 e. The van der Waals surface area contributed by atoms with Gasteiger partial charge in [0, 0.05) is 44.0 Å². The molecule has 1 atom stereocenters. The van der Waals surface area contributed by atoms with Crippen LogP contribution in [-0.2, 0) is 13.0 Å². The van der Waals surface area contributed by atoms with E-state index in [0.29, 0.717) is 0 Å². The predicted octanol–water partition coefficient (Wildman–Crippen LogP) is 3.23. The van der Waals surface area contributed by atoms with E-state index < -0.39 is 0 Å². The normalized spacial score (nSPS) is 18.7. The number of aryl methyl sites for hydroxylation is 1. The molecule has 0 aliphatic carbocycles. The maximum Gasteiger partial charge on any atom is 0.243 e. The number of thiophene rings is 1. The zero-order valence-electron chi connectivity index (χ0n) is 13.0. The number of rotatable bonds is 5. The molecule has 5 nitrogen and oxygen atoms in total. The molecule has 1 unspecified atom stereocenters. The van der Waals surface area contributed by atoms with Gasteiger partial charge in [-0.3, -0.25) is 9.80 Å². The second kappa shape index (κ2) is 7.08. The van der Waals surface area contributed by atoms with Crippen LogP contribution in [0.15, 0.2) is 16.7 Å². The minimum atomic E-state index is 0.186. The molecule has 120 valence electrons. The first-order valence-corrected chi connectivity index (χ1v) is 8.88. The number of piperazine rings is 1. The van der Waals surface area contributed by atoms with Crippen LogP contribution in [0.2, 0.25) is 4.34 Å². The fourth-order valence-corrected chi connectivity index (χ4v) is 3.83. The molecule has 1 saturated heterocycles. The number of hydrogen-bond donors (Lipinski definition) is 0. The third kappa shape index (κ3) is 3.68. The van der Waals surface area contributed by atoms with Crippen LogP contribution in [0.4, 0.5) is 0 Å². The van der Waals surface area contributed by atoms with Gasteiger partial charge in [0.15, 0.2) is 5.82 Å². The van der Waals surface area contributed by atoms with Crippen molar-refractivity contribution in [2.75, 3.05) is 26.2 Å². The molecular formula is C15H21ClN4OS. The quantitative estimate of drug-likeness (QED) is 0.836. The van der Waals surface area contributed by atoms with E-state index in [4.69, 9.17) is 16.1 Å². The minimum absolute atomic E-state index is 0.186. The van der Waals surface area contributed by atoms with Gasteiger partial charge in [-0.25, -0.2) is 0 Å². The van der Waals surface area contributed by atoms with Crippen LogP contribution >= 0.6 is 22.9 Å². The Balaban J connectivity index is 1.52. The van der Waals surface area contributed by atoms with Crippen LogP contribution in [0, 0.1) is 0 Å². The van der Waals surface area contributed by atoms with E-state index in [1.165, 1.54) is 4.88 Å². The number of aromatic nitrogens is 2. The molecule has 3 rings (SSSR count). The lowest BCUT2D eigenvalue weighted by Gasteiger charge is -2.36. The first kappa shape index (κ1) is 15.9. The van der Waals surface area contributed by atoms with E-state index >= 15 is 0 Å². The highest BCUT2D eigenvalue weighted by molar-refractivity contribution is 7.16. The molecule has 1 fully saturated rings. The van der Waals surface area contributed by atoms with Crippen molar-refractivity contribution in [2.45, 2.75) is 32.9 Å². The SMILES string of the molecule is CCc1noc(C(C)N2CCN(Cc3ccc(Cl)s3)CC2)n1. The molecule has 3 heterocycles. The van der Waals surface area contributed by atoms with Gasteiger partial charge in [-0.2, -0.15) is 4.98 Å².